The minimum atomic E-state index is -0.571. The number of imide groups is 1. The van der Waals surface area contributed by atoms with Crippen LogP contribution in [0.15, 0.2) is 48.5 Å². The molecule has 168 valence electrons. The number of amides is 3. The van der Waals surface area contributed by atoms with E-state index in [1.165, 1.54) is 29.2 Å². The van der Waals surface area contributed by atoms with Gasteiger partial charge in [-0.1, -0.05) is 0 Å². The van der Waals surface area contributed by atoms with E-state index in [1.54, 1.807) is 29.2 Å². The van der Waals surface area contributed by atoms with Crippen LogP contribution in [0.1, 0.15) is 36.5 Å². The normalized spacial score (nSPS) is 19.5. The average Bonchev–Trinajstić information content (AvgIpc) is 3.08. The maximum Gasteiger partial charge on any atom is 0.253 e. The van der Waals surface area contributed by atoms with Crippen molar-refractivity contribution in [2.75, 3.05) is 24.6 Å². The van der Waals surface area contributed by atoms with Gasteiger partial charge in [0.25, 0.3) is 11.8 Å². The van der Waals surface area contributed by atoms with Crippen LogP contribution >= 0.6 is 0 Å². The Morgan fingerprint density at radius 2 is 1.72 bits per heavy atom. The molecular weight excluding hydrogens is 413 g/mol. The number of nitrogens with zero attached hydrogens (tertiary/aromatic N) is 2. The fourth-order valence-corrected chi connectivity index (χ4v) is 4.20. The maximum atomic E-state index is 13.1. The summed E-state index contributed by atoms with van der Waals surface area (Å²) in [5.41, 5.74) is 0.993. The second-order valence-corrected chi connectivity index (χ2v) is 7.99. The average molecular weight is 439 g/mol. The first-order valence-electron chi connectivity index (χ1n) is 10.9. The minimum Gasteiger partial charge on any atom is -0.494 e. The van der Waals surface area contributed by atoms with E-state index in [2.05, 4.69) is 5.32 Å². The summed E-state index contributed by atoms with van der Waals surface area (Å²) >= 11 is 0. The molecular formula is C24H26FN3O4. The molecule has 0 spiro atoms. The van der Waals surface area contributed by atoms with Gasteiger partial charge in [0.2, 0.25) is 5.91 Å². The van der Waals surface area contributed by atoms with Crippen molar-refractivity contribution in [1.29, 1.82) is 0 Å². The zero-order chi connectivity index (χ0) is 22.7. The van der Waals surface area contributed by atoms with Gasteiger partial charge in [-0.25, -0.2) is 9.29 Å². The summed E-state index contributed by atoms with van der Waals surface area (Å²) in [7, 11) is 0. The van der Waals surface area contributed by atoms with Crippen LogP contribution in [-0.4, -0.2) is 54.4 Å². The number of nitrogens with one attached hydrogen (secondary N) is 1. The minimum absolute atomic E-state index is 0.0364. The third-order valence-corrected chi connectivity index (χ3v) is 5.86. The fraction of sp³-hybridized carbons (Fsp3) is 0.375. The van der Waals surface area contributed by atoms with Crippen molar-refractivity contribution in [3.8, 4) is 5.75 Å². The van der Waals surface area contributed by atoms with E-state index < -0.39 is 6.04 Å². The molecule has 2 fully saturated rings. The molecule has 2 aliphatic rings. The van der Waals surface area contributed by atoms with Crippen molar-refractivity contribution >= 4 is 23.4 Å². The Hall–Kier alpha value is -3.26. The van der Waals surface area contributed by atoms with Gasteiger partial charge in [-0.2, -0.15) is 0 Å². The van der Waals surface area contributed by atoms with Gasteiger partial charge >= 0.3 is 0 Å². The highest BCUT2D eigenvalue weighted by atomic mass is 19.1. The second-order valence-electron chi connectivity index (χ2n) is 7.99. The highest BCUT2D eigenvalue weighted by Gasteiger charge is 2.40. The molecule has 2 saturated heterocycles. The van der Waals surface area contributed by atoms with Gasteiger partial charge in [0, 0.05) is 24.7 Å². The summed E-state index contributed by atoms with van der Waals surface area (Å²) in [6.45, 7) is 3.50. The number of anilines is 1. The highest BCUT2D eigenvalue weighted by Crippen LogP contribution is 2.26. The topological polar surface area (TPSA) is 79.0 Å². The second kappa shape index (κ2) is 9.48. The summed E-state index contributed by atoms with van der Waals surface area (Å²) in [6.07, 6.45) is 1.46. The van der Waals surface area contributed by atoms with Crippen molar-refractivity contribution < 1.29 is 23.5 Å². The number of ether oxygens (including phenoxy) is 1. The van der Waals surface area contributed by atoms with E-state index in [-0.39, 0.29) is 36.0 Å². The number of piperidine rings is 1. The van der Waals surface area contributed by atoms with Crippen LogP contribution in [0.5, 0.6) is 5.75 Å². The molecule has 0 saturated carbocycles. The molecule has 2 aromatic carbocycles. The largest absolute Gasteiger partial charge is 0.494 e. The zero-order valence-electron chi connectivity index (χ0n) is 17.9. The molecule has 0 unspecified atom stereocenters. The number of halogens is 1. The van der Waals surface area contributed by atoms with Crippen molar-refractivity contribution in [2.45, 2.75) is 38.3 Å². The molecule has 4 rings (SSSR count). The van der Waals surface area contributed by atoms with Gasteiger partial charge in [0.15, 0.2) is 0 Å². The number of hydrogen-bond donors (Lipinski definition) is 1. The van der Waals surface area contributed by atoms with Crippen molar-refractivity contribution in [1.82, 2.24) is 10.2 Å². The predicted octanol–water partition coefficient (Wildman–Crippen LogP) is 2.75. The molecule has 3 amide bonds. The lowest BCUT2D eigenvalue weighted by Gasteiger charge is -2.33. The fourth-order valence-electron chi connectivity index (χ4n) is 4.20. The van der Waals surface area contributed by atoms with Gasteiger partial charge in [0.1, 0.15) is 11.6 Å². The molecule has 1 N–H and O–H groups in total. The first-order chi connectivity index (χ1) is 15.5. The maximum absolute atomic E-state index is 13.1. The Balaban J connectivity index is 1.32. The van der Waals surface area contributed by atoms with Gasteiger partial charge < -0.3 is 15.0 Å². The summed E-state index contributed by atoms with van der Waals surface area (Å²) < 4.78 is 18.5. The van der Waals surface area contributed by atoms with Gasteiger partial charge in [-0.15, -0.1) is 0 Å². The number of carbonyl (C=O) groups excluding carboxylic acids is 3. The Morgan fingerprint density at radius 3 is 2.34 bits per heavy atom. The van der Waals surface area contributed by atoms with Crippen LogP contribution in [0, 0.1) is 5.82 Å². The van der Waals surface area contributed by atoms with E-state index in [9.17, 15) is 18.8 Å². The van der Waals surface area contributed by atoms with Crippen LogP contribution in [0.4, 0.5) is 10.1 Å². The standard InChI is InChI=1S/C24H26FN3O4/c1-2-32-20-9-7-19(8-10-20)28-22(29)15-21(24(28)31)26-18-11-13-27(14-12-18)23(30)16-3-5-17(25)6-4-16/h3-10,18,21,26H,2,11-15H2,1H3/t21-/m1/s1. The van der Waals surface area contributed by atoms with E-state index in [0.717, 1.165) is 0 Å². The van der Waals surface area contributed by atoms with Crippen LogP contribution in [0.3, 0.4) is 0 Å². The zero-order valence-corrected chi connectivity index (χ0v) is 17.9. The molecule has 0 radical (unpaired) electrons. The molecule has 2 heterocycles. The Labute approximate surface area is 186 Å². The van der Waals surface area contributed by atoms with E-state index >= 15 is 0 Å². The molecule has 0 aromatic heterocycles. The van der Waals surface area contributed by atoms with Crippen LogP contribution in [0.2, 0.25) is 0 Å². The van der Waals surface area contributed by atoms with E-state index in [1.807, 2.05) is 6.92 Å². The lowest BCUT2D eigenvalue weighted by Crippen LogP contribution is -2.49. The third kappa shape index (κ3) is 4.65. The molecule has 2 aliphatic heterocycles. The van der Waals surface area contributed by atoms with Gasteiger partial charge in [-0.3, -0.25) is 14.4 Å². The summed E-state index contributed by atoms with van der Waals surface area (Å²) in [5, 5.41) is 3.31. The first kappa shape index (κ1) is 22.0. The molecule has 0 bridgehead atoms. The van der Waals surface area contributed by atoms with Crippen molar-refractivity contribution in [2.24, 2.45) is 0 Å². The molecule has 2 aromatic rings. The van der Waals surface area contributed by atoms with Gasteiger partial charge in [-0.05, 0) is 68.3 Å². The highest BCUT2D eigenvalue weighted by molar-refractivity contribution is 6.22. The summed E-state index contributed by atoms with van der Waals surface area (Å²) in [4.78, 5) is 41.0. The molecule has 7 nitrogen and oxygen atoms in total. The summed E-state index contributed by atoms with van der Waals surface area (Å²) in [5.74, 6) is -0.312. The van der Waals surface area contributed by atoms with Crippen LogP contribution in [-0.2, 0) is 9.59 Å². The van der Waals surface area contributed by atoms with Gasteiger partial charge in [0.05, 0.1) is 24.8 Å². The molecule has 1 atom stereocenters. The first-order valence-corrected chi connectivity index (χ1v) is 10.9. The lowest BCUT2D eigenvalue weighted by atomic mass is 10.0. The Bertz CT molecular complexity index is 985. The molecule has 0 aliphatic carbocycles. The smallest absolute Gasteiger partial charge is 0.253 e. The van der Waals surface area contributed by atoms with E-state index in [0.29, 0.717) is 49.5 Å². The monoisotopic (exact) mass is 439 g/mol. The van der Waals surface area contributed by atoms with Crippen molar-refractivity contribution in [3.05, 3.63) is 59.9 Å². The number of hydrogen-bond acceptors (Lipinski definition) is 5. The third-order valence-electron chi connectivity index (χ3n) is 5.86. The molecule has 8 heteroatoms. The van der Waals surface area contributed by atoms with Crippen LogP contribution in [0.25, 0.3) is 0 Å². The number of carbonyl (C=O) groups is 3. The number of benzene rings is 2. The van der Waals surface area contributed by atoms with Crippen LogP contribution < -0.4 is 15.0 Å². The Kier molecular flexibility index (Phi) is 6.50. The SMILES string of the molecule is CCOc1ccc(N2C(=O)C[C@@H](NC3CCN(C(=O)c4ccc(F)cc4)CC3)C2=O)cc1. The predicted molar refractivity (Wildman–Crippen MR) is 117 cm³/mol. The summed E-state index contributed by atoms with van der Waals surface area (Å²) in [6, 6.07) is 11.9. The lowest BCUT2D eigenvalue weighted by molar-refractivity contribution is -0.121. The Morgan fingerprint density at radius 1 is 1.06 bits per heavy atom. The number of likely N-dealkylation sites (tertiary alicyclic amines) is 1. The van der Waals surface area contributed by atoms with E-state index in [4.69, 9.17) is 4.74 Å². The quantitative estimate of drug-likeness (QED) is 0.701. The van der Waals surface area contributed by atoms with Crippen molar-refractivity contribution in [3.63, 3.8) is 0 Å². The number of rotatable bonds is 6. The molecule has 32 heavy (non-hydrogen) atoms.